The van der Waals surface area contributed by atoms with Crippen LogP contribution in [-0.2, 0) is 9.53 Å². The monoisotopic (exact) mass is 242 g/mol. The molecule has 1 fully saturated rings. The Morgan fingerprint density at radius 3 is 2.59 bits per heavy atom. The second-order valence-corrected chi connectivity index (χ2v) is 5.05. The van der Waals surface area contributed by atoms with Crippen molar-refractivity contribution in [1.82, 2.24) is 10.2 Å². The van der Waals surface area contributed by atoms with E-state index in [0.717, 1.165) is 38.4 Å². The predicted molar refractivity (Wildman–Crippen MR) is 68.9 cm³/mol. The Hall–Kier alpha value is -0.610. The van der Waals surface area contributed by atoms with Crippen molar-refractivity contribution in [3.05, 3.63) is 0 Å². The van der Waals surface area contributed by atoms with Gasteiger partial charge in [-0.25, -0.2) is 0 Å². The molecule has 0 atom stereocenters. The van der Waals surface area contributed by atoms with Crippen LogP contribution in [0.1, 0.15) is 33.1 Å². The number of rotatable bonds is 6. The molecular formula is C13H26N2O2. The molecule has 0 aromatic heterocycles. The van der Waals surface area contributed by atoms with Gasteiger partial charge in [0.25, 0.3) is 0 Å². The summed E-state index contributed by atoms with van der Waals surface area (Å²) < 4.78 is 5.41. The third kappa shape index (κ3) is 5.50. The molecular weight excluding hydrogens is 216 g/mol. The van der Waals surface area contributed by atoms with Crippen molar-refractivity contribution in [1.29, 1.82) is 0 Å². The first kappa shape index (κ1) is 14.5. The largest absolute Gasteiger partial charge is 0.378 e. The van der Waals surface area contributed by atoms with Crippen LogP contribution in [0.5, 0.6) is 0 Å². The molecule has 0 aliphatic carbocycles. The minimum Gasteiger partial charge on any atom is -0.378 e. The fourth-order valence-corrected chi connectivity index (χ4v) is 2.22. The van der Waals surface area contributed by atoms with Crippen LogP contribution in [0.3, 0.4) is 0 Å². The van der Waals surface area contributed by atoms with Crippen LogP contribution in [0, 0.1) is 5.92 Å². The van der Waals surface area contributed by atoms with Gasteiger partial charge in [0.2, 0.25) is 5.91 Å². The van der Waals surface area contributed by atoms with E-state index >= 15 is 0 Å². The normalized spacial score (nSPS) is 17.8. The summed E-state index contributed by atoms with van der Waals surface area (Å²) in [6.07, 6.45) is 2.98. The van der Waals surface area contributed by atoms with Crippen LogP contribution >= 0.6 is 0 Å². The third-order valence-electron chi connectivity index (χ3n) is 3.23. The summed E-state index contributed by atoms with van der Waals surface area (Å²) in [5.41, 5.74) is 0. The standard InChI is InChI=1S/C13H26N2O2/c1-11(2)17-9-6-13(16)15-7-4-12(5-8-15)10-14-3/h11-12,14H,4-10H2,1-3H3. The molecule has 0 unspecified atom stereocenters. The summed E-state index contributed by atoms with van der Waals surface area (Å²) in [5.74, 6) is 0.976. The van der Waals surface area contributed by atoms with E-state index in [2.05, 4.69) is 5.32 Å². The van der Waals surface area contributed by atoms with Gasteiger partial charge in [-0.15, -0.1) is 0 Å². The molecule has 1 aliphatic heterocycles. The van der Waals surface area contributed by atoms with Crippen molar-refractivity contribution < 1.29 is 9.53 Å². The average molecular weight is 242 g/mol. The fourth-order valence-electron chi connectivity index (χ4n) is 2.22. The second kappa shape index (κ2) is 7.67. The van der Waals surface area contributed by atoms with Crippen molar-refractivity contribution in [2.75, 3.05) is 33.3 Å². The van der Waals surface area contributed by atoms with Crippen molar-refractivity contribution in [2.45, 2.75) is 39.2 Å². The molecule has 1 aliphatic rings. The molecule has 4 nitrogen and oxygen atoms in total. The number of carbonyl (C=O) groups is 1. The van der Waals surface area contributed by atoms with Crippen LogP contribution in [0.25, 0.3) is 0 Å². The zero-order valence-corrected chi connectivity index (χ0v) is 11.4. The van der Waals surface area contributed by atoms with Gasteiger partial charge in [0.1, 0.15) is 0 Å². The smallest absolute Gasteiger partial charge is 0.224 e. The average Bonchev–Trinajstić information content (AvgIpc) is 2.30. The molecule has 0 saturated carbocycles. The summed E-state index contributed by atoms with van der Waals surface area (Å²) in [7, 11) is 1.99. The van der Waals surface area contributed by atoms with Gasteiger partial charge >= 0.3 is 0 Å². The number of nitrogens with zero attached hydrogens (tertiary/aromatic N) is 1. The molecule has 0 aromatic rings. The zero-order chi connectivity index (χ0) is 12.7. The summed E-state index contributed by atoms with van der Waals surface area (Å²) >= 11 is 0. The van der Waals surface area contributed by atoms with Gasteiger partial charge in [0.05, 0.1) is 19.1 Å². The highest BCUT2D eigenvalue weighted by Gasteiger charge is 2.21. The topological polar surface area (TPSA) is 41.6 Å². The lowest BCUT2D eigenvalue weighted by molar-refractivity contribution is -0.134. The molecule has 0 radical (unpaired) electrons. The van der Waals surface area contributed by atoms with Crippen LogP contribution < -0.4 is 5.32 Å². The van der Waals surface area contributed by atoms with Gasteiger partial charge in [0, 0.05) is 13.1 Å². The van der Waals surface area contributed by atoms with Gasteiger partial charge in [0.15, 0.2) is 0 Å². The minimum absolute atomic E-state index is 0.212. The number of likely N-dealkylation sites (tertiary alicyclic amines) is 1. The fraction of sp³-hybridized carbons (Fsp3) is 0.923. The van der Waals surface area contributed by atoms with Gasteiger partial charge in [-0.05, 0) is 46.2 Å². The van der Waals surface area contributed by atoms with Crippen molar-refractivity contribution in [2.24, 2.45) is 5.92 Å². The maximum atomic E-state index is 11.9. The van der Waals surface area contributed by atoms with Gasteiger partial charge in [-0.3, -0.25) is 4.79 Å². The predicted octanol–water partition coefficient (Wildman–Crippen LogP) is 1.26. The Balaban J connectivity index is 2.17. The highest BCUT2D eigenvalue weighted by Crippen LogP contribution is 2.16. The summed E-state index contributed by atoms with van der Waals surface area (Å²) in [5, 5.41) is 3.20. The Kier molecular flexibility index (Phi) is 6.52. The molecule has 100 valence electrons. The number of ether oxygens (including phenoxy) is 1. The number of amides is 1. The quantitative estimate of drug-likeness (QED) is 0.762. The molecule has 0 bridgehead atoms. The van der Waals surface area contributed by atoms with Crippen LogP contribution in [0.2, 0.25) is 0 Å². The second-order valence-electron chi connectivity index (χ2n) is 5.05. The molecule has 17 heavy (non-hydrogen) atoms. The molecule has 1 heterocycles. The van der Waals surface area contributed by atoms with E-state index < -0.39 is 0 Å². The lowest BCUT2D eigenvalue weighted by atomic mass is 9.97. The number of piperidine rings is 1. The molecule has 0 spiro atoms. The van der Waals surface area contributed by atoms with E-state index in [1.54, 1.807) is 0 Å². The van der Waals surface area contributed by atoms with Crippen molar-refractivity contribution in [3.8, 4) is 0 Å². The highest BCUT2D eigenvalue weighted by atomic mass is 16.5. The molecule has 4 heteroatoms. The highest BCUT2D eigenvalue weighted by molar-refractivity contribution is 5.76. The number of hydrogen-bond acceptors (Lipinski definition) is 3. The maximum Gasteiger partial charge on any atom is 0.224 e. The Bertz CT molecular complexity index is 223. The van der Waals surface area contributed by atoms with Crippen LogP contribution in [-0.4, -0.2) is 50.2 Å². The van der Waals surface area contributed by atoms with E-state index in [1.807, 2.05) is 25.8 Å². The summed E-state index contributed by atoms with van der Waals surface area (Å²) in [4.78, 5) is 13.9. The van der Waals surface area contributed by atoms with E-state index in [-0.39, 0.29) is 12.0 Å². The zero-order valence-electron chi connectivity index (χ0n) is 11.4. The molecule has 1 N–H and O–H groups in total. The van der Waals surface area contributed by atoms with Crippen LogP contribution in [0.4, 0.5) is 0 Å². The Morgan fingerprint density at radius 1 is 1.41 bits per heavy atom. The molecule has 1 rings (SSSR count). The van der Waals surface area contributed by atoms with Gasteiger partial charge in [-0.2, -0.15) is 0 Å². The lowest BCUT2D eigenvalue weighted by Gasteiger charge is -2.32. The molecule has 0 aromatic carbocycles. The van der Waals surface area contributed by atoms with E-state index in [1.165, 1.54) is 0 Å². The van der Waals surface area contributed by atoms with Crippen LogP contribution in [0.15, 0.2) is 0 Å². The number of nitrogens with one attached hydrogen (secondary N) is 1. The van der Waals surface area contributed by atoms with Gasteiger partial charge in [-0.1, -0.05) is 0 Å². The third-order valence-corrected chi connectivity index (χ3v) is 3.23. The summed E-state index contributed by atoms with van der Waals surface area (Å²) in [6, 6.07) is 0. The SMILES string of the molecule is CNCC1CCN(C(=O)CCOC(C)C)CC1. The molecule has 1 amide bonds. The van der Waals surface area contributed by atoms with Crippen molar-refractivity contribution in [3.63, 3.8) is 0 Å². The van der Waals surface area contributed by atoms with E-state index in [0.29, 0.717) is 13.0 Å². The maximum absolute atomic E-state index is 11.9. The van der Waals surface area contributed by atoms with Gasteiger partial charge < -0.3 is 15.0 Å². The first-order valence-corrected chi connectivity index (χ1v) is 6.67. The lowest BCUT2D eigenvalue weighted by Crippen LogP contribution is -2.40. The molecule has 1 saturated heterocycles. The van der Waals surface area contributed by atoms with E-state index in [4.69, 9.17) is 4.74 Å². The Labute approximate surface area is 105 Å². The number of carbonyl (C=O) groups excluding carboxylic acids is 1. The first-order chi connectivity index (χ1) is 8.13. The summed E-state index contributed by atoms with van der Waals surface area (Å²) in [6.45, 7) is 7.42. The Morgan fingerprint density at radius 2 is 2.06 bits per heavy atom. The van der Waals surface area contributed by atoms with E-state index in [9.17, 15) is 4.79 Å². The number of hydrogen-bond donors (Lipinski definition) is 1. The first-order valence-electron chi connectivity index (χ1n) is 6.67. The minimum atomic E-state index is 0.212. The van der Waals surface area contributed by atoms with Crippen molar-refractivity contribution >= 4 is 5.91 Å².